The fraction of sp³-hybridized carbons (Fsp3) is 0.692. The molecule has 1 N–H and O–H groups in total. The van der Waals surface area contributed by atoms with E-state index < -0.39 is 21.5 Å². The quantitative estimate of drug-likeness (QED) is 0.851. The van der Waals surface area contributed by atoms with Gasteiger partial charge in [0, 0.05) is 24.8 Å². The van der Waals surface area contributed by atoms with Crippen LogP contribution in [0.2, 0.25) is 0 Å². The fourth-order valence-electron chi connectivity index (χ4n) is 2.39. The second kappa shape index (κ2) is 5.98. The third-order valence-corrected chi connectivity index (χ3v) is 4.96. The summed E-state index contributed by atoms with van der Waals surface area (Å²) < 4.78 is 31.9. The van der Waals surface area contributed by atoms with Crippen molar-refractivity contribution in [1.82, 2.24) is 14.1 Å². The highest BCUT2D eigenvalue weighted by Gasteiger charge is 2.42. The van der Waals surface area contributed by atoms with Crippen molar-refractivity contribution in [3.8, 4) is 0 Å². The van der Waals surface area contributed by atoms with Gasteiger partial charge in [-0.25, -0.2) is 8.42 Å². The van der Waals surface area contributed by atoms with Crippen molar-refractivity contribution < 1.29 is 17.9 Å². The van der Waals surface area contributed by atoms with Crippen LogP contribution in [0.1, 0.15) is 19.5 Å². The Bertz CT molecular complexity index is 670. The normalized spacial score (nSPS) is 23.5. The van der Waals surface area contributed by atoms with Crippen molar-refractivity contribution in [3.05, 3.63) is 11.8 Å². The number of aryl methyl sites for hydroxylation is 2. The third-order valence-electron chi connectivity index (χ3n) is 3.71. The van der Waals surface area contributed by atoms with Gasteiger partial charge < -0.3 is 10.1 Å². The van der Waals surface area contributed by atoms with Crippen LogP contribution in [0.3, 0.4) is 0 Å². The van der Waals surface area contributed by atoms with E-state index in [0.717, 1.165) is 11.9 Å². The lowest BCUT2D eigenvalue weighted by Crippen LogP contribution is -2.57. The Hall–Kier alpha value is -1.45. The SMILES string of the molecule is CCn1nc(NC(=O)C2(C)CN(S(C)(=O)=O)CCO2)cc1C. The van der Waals surface area contributed by atoms with E-state index in [0.29, 0.717) is 12.4 Å². The third kappa shape index (κ3) is 3.47. The monoisotopic (exact) mass is 330 g/mol. The zero-order valence-corrected chi connectivity index (χ0v) is 14.1. The molecule has 22 heavy (non-hydrogen) atoms. The molecule has 1 amide bonds. The molecule has 1 fully saturated rings. The van der Waals surface area contributed by atoms with E-state index >= 15 is 0 Å². The number of morpholine rings is 1. The second-order valence-corrected chi connectivity index (χ2v) is 7.60. The van der Waals surface area contributed by atoms with Gasteiger partial charge in [0.05, 0.1) is 19.4 Å². The molecule has 1 aromatic rings. The van der Waals surface area contributed by atoms with Crippen LogP contribution in [-0.2, 0) is 26.1 Å². The number of nitrogens with zero attached hydrogens (tertiary/aromatic N) is 3. The molecule has 2 heterocycles. The lowest BCUT2D eigenvalue weighted by atomic mass is 10.0. The Morgan fingerprint density at radius 2 is 2.23 bits per heavy atom. The maximum Gasteiger partial charge on any atom is 0.258 e. The van der Waals surface area contributed by atoms with Gasteiger partial charge in [0.25, 0.3) is 5.91 Å². The van der Waals surface area contributed by atoms with E-state index in [2.05, 4.69) is 10.4 Å². The van der Waals surface area contributed by atoms with Crippen LogP contribution < -0.4 is 5.32 Å². The van der Waals surface area contributed by atoms with E-state index in [-0.39, 0.29) is 19.7 Å². The van der Waals surface area contributed by atoms with Gasteiger partial charge in [-0.15, -0.1) is 0 Å². The van der Waals surface area contributed by atoms with Crippen LogP contribution in [0.15, 0.2) is 6.07 Å². The van der Waals surface area contributed by atoms with Crippen LogP contribution in [0, 0.1) is 6.92 Å². The first-order valence-electron chi connectivity index (χ1n) is 7.10. The Kier molecular flexibility index (Phi) is 4.59. The van der Waals surface area contributed by atoms with Crippen LogP contribution in [-0.4, -0.2) is 60.0 Å². The van der Waals surface area contributed by atoms with E-state index in [1.807, 2.05) is 13.8 Å². The van der Waals surface area contributed by atoms with Crippen LogP contribution in [0.4, 0.5) is 5.82 Å². The van der Waals surface area contributed by atoms with Crippen molar-refractivity contribution >= 4 is 21.7 Å². The molecule has 124 valence electrons. The smallest absolute Gasteiger partial charge is 0.258 e. The van der Waals surface area contributed by atoms with Gasteiger partial charge in [-0.05, 0) is 20.8 Å². The summed E-state index contributed by atoms with van der Waals surface area (Å²) in [5.74, 6) is 0.0345. The van der Waals surface area contributed by atoms with Gasteiger partial charge in [0.15, 0.2) is 11.4 Å². The molecule has 0 saturated carbocycles. The van der Waals surface area contributed by atoms with Crippen molar-refractivity contribution in [1.29, 1.82) is 0 Å². The predicted octanol–water partition coefficient (Wildman–Crippen LogP) is 0.200. The van der Waals surface area contributed by atoms with E-state index in [1.165, 1.54) is 4.31 Å². The lowest BCUT2D eigenvalue weighted by Gasteiger charge is -2.37. The number of amides is 1. The first kappa shape index (κ1) is 16.9. The fourth-order valence-corrected chi connectivity index (χ4v) is 3.28. The number of aromatic nitrogens is 2. The number of hydrogen-bond donors (Lipinski definition) is 1. The summed E-state index contributed by atoms with van der Waals surface area (Å²) in [7, 11) is -3.36. The Morgan fingerprint density at radius 3 is 2.77 bits per heavy atom. The molecule has 1 atom stereocenters. The molecular weight excluding hydrogens is 308 g/mol. The van der Waals surface area contributed by atoms with Crippen LogP contribution >= 0.6 is 0 Å². The average molecular weight is 330 g/mol. The second-order valence-electron chi connectivity index (χ2n) is 5.62. The maximum atomic E-state index is 12.5. The van der Waals surface area contributed by atoms with Gasteiger partial charge in [0.2, 0.25) is 10.0 Å². The van der Waals surface area contributed by atoms with E-state index in [9.17, 15) is 13.2 Å². The minimum atomic E-state index is -3.36. The molecular formula is C13H22N4O4S. The largest absolute Gasteiger partial charge is 0.363 e. The van der Waals surface area contributed by atoms with Gasteiger partial charge in [0.1, 0.15) is 0 Å². The molecule has 1 aromatic heterocycles. The summed E-state index contributed by atoms with van der Waals surface area (Å²) in [6, 6.07) is 1.77. The summed E-state index contributed by atoms with van der Waals surface area (Å²) in [6.45, 7) is 6.58. The number of nitrogens with one attached hydrogen (secondary N) is 1. The lowest BCUT2D eigenvalue weighted by molar-refractivity contribution is -0.146. The molecule has 1 unspecified atom stereocenters. The Labute approximate surface area is 130 Å². The highest BCUT2D eigenvalue weighted by molar-refractivity contribution is 7.88. The number of hydrogen-bond acceptors (Lipinski definition) is 5. The zero-order chi connectivity index (χ0) is 16.5. The molecule has 0 radical (unpaired) electrons. The van der Waals surface area contributed by atoms with Crippen molar-refractivity contribution in [2.24, 2.45) is 0 Å². The molecule has 1 saturated heterocycles. The Balaban J connectivity index is 2.13. The van der Waals surface area contributed by atoms with Gasteiger partial charge >= 0.3 is 0 Å². The minimum Gasteiger partial charge on any atom is -0.363 e. The summed E-state index contributed by atoms with van der Waals surface area (Å²) in [5, 5.41) is 6.96. The van der Waals surface area contributed by atoms with Gasteiger partial charge in [-0.3, -0.25) is 9.48 Å². The number of anilines is 1. The van der Waals surface area contributed by atoms with Gasteiger partial charge in [-0.1, -0.05) is 0 Å². The molecule has 8 nitrogen and oxygen atoms in total. The predicted molar refractivity (Wildman–Crippen MR) is 82.0 cm³/mol. The maximum absolute atomic E-state index is 12.5. The number of rotatable bonds is 4. The molecule has 0 aliphatic carbocycles. The molecule has 2 rings (SSSR count). The average Bonchev–Trinajstić information content (AvgIpc) is 2.77. The number of sulfonamides is 1. The molecule has 0 aromatic carbocycles. The first-order chi connectivity index (χ1) is 10.2. The molecule has 9 heteroatoms. The zero-order valence-electron chi connectivity index (χ0n) is 13.3. The molecule has 1 aliphatic heterocycles. The first-order valence-corrected chi connectivity index (χ1v) is 8.95. The highest BCUT2D eigenvalue weighted by atomic mass is 32.2. The van der Waals surface area contributed by atoms with Crippen molar-refractivity contribution in [2.45, 2.75) is 32.9 Å². The van der Waals surface area contributed by atoms with Crippen LogP contribution in [0.5, 0.6) is 0 Å². The van der Waals surface area contributed by atoms with Gasteiger partial charge in [-0.2, -0.15) is 9.40 Å². The number of carbonyl (C=O) groups excluding carboxylic acids is 1. The molecule has 0 spiro atoms. The molecule has 0 bridgehead atoms. The standard InChI is InChI=1S/C13H22N4O4S/c1-5-17-10(2)8-11(15-17)14-12(18)13(3)9-16(6-7-21-13)22(4,19)20/h8H,5-7,9H2,1-4H3,(H,14,15,18). The highest BCUT2D eigenvalue weighted by Crippen LogP contribution is 2.22. The van der Waals surface area contributed by atoms with E-state index in [4.69, 9.17) is 4.74 Å². The Morgan fingerprint density at radius 1 is 1.55 bits per heavy atom. The number of carbonyl (C=O) groups is 1. The topological polar surface area (TPSA) is 93.5 Å². The minimum absolute atomic E-state index is 0.00879. The van der Waals surface area contributed by atoms with Crippen molar-refractivity contribution in [2.75, 3.05) is 31.3 Å². The summed E-state index contributed by atoms with van der Waals surface area (Å²) in [5.41, 5.74) is -0.295. The summed E-state index contributed by atoms with van der Waals surface area (Å²) in [6.07, 6.45) is 1.13. The summed E-state index contributed by atoms with van der Waals surface area (Å²) in [4.78, 5) is 12.5. The number of ether oxygens (including phenoxy) is 1. The van der Waals surface area contributed by atoms with E-state index in [1.54, 1.807) is 17.7 Å². The molecule has 1 aliphatic rings. The van der Waals surface area contributed by atoms with Crippen LogP contribution in [0.25, 0.3) is 0 Å². The summed E-state index contributed by atoms with van der Waals surface area (Å²) >= 11 is 0. The van der Waals surface area contributed by atoms with Crippen molar-refractivity contribution in [3.63, 3.8) is 0 Å².